The van der Waals surface area contributed by atoms with E-state index in [2.05, 4.69) is 16.0 Å². The number of para-hydroxylation sites is 2. The number of H-pyrrole nitrogens is 1. The molecule has 0 bridgehead atoms. The molecule has 164 valence electrons. The molecule has 32 heavy (non-hydrogen) atoms. The molecule has 2 aromatic carbocycles. The van der Waals surface area contributed by atoms with Gasteiger partial charge in [-0.05, 0) is 37.3 Å². The van der Waals surface area contributed by atoms with Crippen LogP contribution in [-0.4, -0.2) is 63.9 Å². The van der Waals surface area contributed by atoms with Crippen LogP contribution < -0.4 is 5.76 Å². The average Bonchev–Trinajstić information content (AvgIpc) is 3.37. The number of carbonyl (C=O) groups excluding carboxylic acids is 2. The molecular formula is C24H24N4O4. The van der Waals surface area contributed by atoms with Crippen LogP contribution in [0, 0.1) is 6.92 Å². The quantitative estimate of drug-likeness (QED) is 0.535. The maximum absolute atomic E-state index is 12.9. The summed E-state index contributed by atoms with van der Waals surface area (Å²) in [5, 5.41) is 1.03. The van der Waals surface area contributed by atoms with E-state index in [0.717, 1.165) is 21.0 Å². The van der Waals surface area contributed by atoms with E-state index in [1.165, 1.54) is 0 Å². The number of aromatic amines is 1. The van der Waals surface area contributed by atoms with Crippen molar-refractivity contribution in [3.8, 4) is 0 Å². The Balaban J connectivity index is 1.18. The molecule has 3 heterocycles. The zero-order chi connectivity index (χ0) is 22.2. The van der Waals surface area contributed by atoms with E-state index in [4.69, 9.17) is 4.42 Å². The first-order valence-electron chi connectivity index (χ1n) is 10.7. The summed E-state index contributed by atoms with van der Waals surface area (Å²) in [5.74, 6) is -0.946. The van der Waals surface area contributed by atoms with Crippen LogP contribution in [0.15, 0.2) is 57.7 Å². The van der Waals surface area contributed by atoms with E-state index >= 15 is 0 Å². The molecule has 1 aliphatic heterocycles. The van der Waals surface area contributed by atoms with Crippen molar-refractivity contribution in [3.05, 3.63) is 70.3 Å². The van der Waals surface area contributed by atoms with Gasteiger partial charge >= 0.3 is 5.76 Å². The first kappa shape index (κ1) is 20.3. The van der Waals surface area contributed by atoms with Crippen molar-refractivity contribution in [3.63, 3.8) is 0 Å². The predicted molar refractivity (Wildman–Crippen MR) is 121 cm³/mol. The van der Waals surface area contributed by atoms with Crippen molar-refractivity contribution in [2.45, 2.75) is 13.3 Å². The van der Waals surface area contributed by atoms with Gasteiger partial charge in [0, 0.05) is 50.0 Å². The fraction of sp³-hybridized carbons (Fsp3) is 0.292. The van der Waals surface area contributed by atoms with Crippen LogP contribution in [0.5, 0.6) is 0 Å². The number of hydrogen-bond acceptors (Lipinski definition) is 5. The Morgan fingerprint density at radius 1 is 1.03 bits per heavy atom. The molecule has 8 nitrogen and oxygen atoms in total. The van der Waals surface area contributed by atoms with Gasteiger partial charge in [-0.1, -0.05) is 23.8 Å². The minimum absolute atomic E-state index is 0.00833. The Hall–Kier alpha value is -3.65. The highest BCUT2D eigenvalue weighted by atomic mass is 16.4. The van der Waals surface area contributed by atoms with Gasteiger partial charge in [0.05, 0.1) is 5.52 Å². The van der Waals surface area contributed by atoms with Crippen LogP contribution in [0.1, 0.15) is 27.3 Å². The summed E-state index contributed by atoms with van der Waals surface area (Å²) in [5.41, 5.74) is 3.61. The smallest absolute Gasteiger partial charge is 0.407 e. The molecule has 1 saturated heterocycles. The maximum atomic E-state index is 12.9. The first-order valence-corrected chi connectivity index (χ1v) is 10.7. The third-order valence-electron chi connectivity index (χ3n) is 6.04. The largest absolute Gasteiger partial charge is 0.426 e. The summed E-state index contributed by atoms with van der Waals surface area (Å²) in [6, 6.07) is 14.9. The number of piperazine rings is 1. The number of rotatable bonds is 4. The number of oxazole rings is 1. The van der Waals surface area contributed by atoms with Gasteiger partial charge < -0.3 is 14.3 Å². The van der Waals surface area contributed by atoms with Gasteiger partial charge in [-0.3, -0.25) is 14.5 Å². The number of carbonyl (C=O) groups is 2. The molecule has 4 aromatic rings. The average molecular weight is 432 g/mol. The summed E-state index contributed by atoms with van der Waals surface area (Å²) in [6.07, 6.45) is 0.207. The number of aromatic nitrogens is 2. The van der Waals surface area contributed by atoms with E-state index < -0.39 is 5.76 Å². The lowest BCUT2D eigenvalue weighted by molar-refractivity contribution is 0.0618. The second kappa shape index (κ2) is 8.12. The number of amides is 1. The van der Waals surface area contributed by atoms with Gasteiger partial charge in [-0.15, -0.1) is 0 Å². The van der Waals surface area contributed by atoms with Crippen molar-refractivity contribution >= 4 is 33.8 Å². The monoisotopic (exact) mass is 432 g/mol. The lowest BCUT2D eigenvalue weighted by Gasteiger charge is -2.34. The summed E-state index contributed by atoms with van der Waals surface area (Å²) in [4.78, 5) is 44.9. The van der Waals surface area contributed by atoms with E-state index in [0.29, 0.717) is 49.5 Å². The molecule has 5 rings (SSSR count). The van der Waals surface area contributed by atoms with E-state index in [9.17, 15) is 14.4 Å². The van der Waals surface area contributed by atoms with Crippen LogP contribution in [0.4, 0.5) is 0 Å². The molecule has 0 atom stereocenters. The third kappa shape index (κ3) is 3.73. The van der Waals surface area contributed by atoms with Crippen molar-refractivity contribution in [2.75, 3.05) is 32.7 Å². The fourth-order valence-electron chi connectivity index (χ4n) is 4.28. The number of nitrogens with one attached hydrogen (secondary N) is 1. The van der Waals surface area contributed by atoms with Crippen LogP contribution in [0.3, 0.4) is 0 Å². The zero-order valence-electron chi connectivity index (χ0n) is 17.8. The standard InChI is InChI=1S/C24H24N4O4/c1-16-6-7-18-17(14-16)15-19(25-18)23(30)27-12-10-26(11-13-27)9-8-22(29)28-20-4-2-3-5-21(20)32-24(28)31/h2-7,14-15,25H,8-13H2,1H3. The van der Waals surface area contributed by atoms with Crippen LogP contribution >= 0.6 is 0 Å². The molecule has 0 saturated carbocycles. The second-order valence-electron chi connectivity index (χ2n) is 8.22. The zero-order valence-corrected chi connectivity index (χ0v) is 17.8. The Bertz CT molecular complexity index is 1370. The number of benzene rings is 2. The Morgan fingerprint density at radius 2 is 1.81 bits per heavy atom. The molecule has 0 radical (unpaired) electrons. The Morgan fingerprint density at radius 3 is 2.62 bits per heavy atom. The van der Waals surface area contributed by atoms with Gasteiger partial charge in [0.2, 0.25) is 5.91 Å². The lowest BCUT2D eigenvalue weighted by Crippen LogP contribution is -2.49. The van der Waals surface area contributed by atoms with Crippen molar-refractivity contribution in [1.82, 2.24) is 19.4 Å². The van der Waals surface area contributed by atoms with Crippen molar-refractivity contribution in [2.24, 2.45) is 0 Å². The molecule has 1 aliphatic rings. The van der Waals surface area contributed by atoms with Crippen molar-refractivity contribution in [1.29, 1.82) is 0 Å². The van der Waals surface area contributed by atoms with Gasteiger partial charge in [-0.2, -0.15) is 0 Å². The van der Waals surface area contributed by atoms with Crippen molar-refractivity contribution < 1.29 is 14.0 Å². The Labute approximate surface area is 184 Å². The molecule has 8 heteroatoms. The second-order valence-corrected chi connectivity index (χ2v) is 8.22. The van der Waals surface area contributed by atoms with Crippen LogP contribution in [-0.2, 0) is 0 Å². The van der Waals surface area contributed by atoms with Crippen LogP contribution in [0.2, 0.25) is 0 Å². The first-order chi connectivity index (χ1) is 15.5. The minimum atomic E-state index is -0.653. The molecular weight excluding hydrogens is 408 g/mol. The van der Waals surface area contributed by atoms with Gasteiger partial charge in [0.25, 0.3) is 5.91 Å². The fourth-order valence-corrected chi connectivity index (χ4v) is 4.28. The van der Waals surface area contributed by atoms with Crippen LogP contribution in [0.25, 0.3) is 22.0 Å². The number of aryl methyl sites for hydroxylation is 1. The minimum Gasteiger partial charge on any atom is -0.407 e. The van der Waals surface area contributed by atoms with E-state index in [1.54, 1.807) is 24.3 Å². The number of fused-ring (bicyclic) bond motifs is 2. The molecule has 1 N–H and O–H groups in total. The summed E-state index contributed by atoms with van der Waals surface area (Å²) in [6.45, 7) is 5.10. The highest BCUT2D eigenvalue weighted by molar-refractivity contribution is 5.98. The molecule has 1 fully saturated rings. The van der Waals surface area contributed by atoms with Gasteiger partial charge in [-0.25, -0.2) is 9.36 Å². The SMILES string of the molecule is Cc1ccc2[nH]c(C(=O)N3CCN(CCC(=O)n4c(=O)oc5ccccc54)CC3)cc2c1. The predicted octanol–water partition coefficient (Wildman–Crippen LogP) is 2.87. The molecule has 0 aliphatic carbocycles. The van der Waals surface area contributed by atoms with E-state index in [1.807, 2.05) is 30.0 Å². The highest BCUT2D eigenvalue weighted by Gasteiger charge is 2.24. The molecule has 0 spiro atoms. The number of hydrogen-bond donors (Lipinski definition) is 1. The Kier molecular flexibility index (Phi) is 5.14. The molecule has 0 unspecified atom stereocenters. The summed E-state index contributed by atoms with van der Waals surface area (Å²) >= 11 is 0. The summed E-state index contributed by atoms with van der Waals surface area (Å²) in [7, 11) is 0. The summed E-state index contributed by atoms with van der Waals surface area (Å²) < 4.78 is 6.25. The lowest BCUT2D eigenvalue weighted by atomic mass is 10.2. The van der Waals surface area contributed by atoms with Gasteiger partial charge in [0.15, 0.2) is 5.58 Å². The normalized spacial score (nSPS) is 15.0. The highest BCUT2D eigenvalue weighted by Crippen LogP contribution is 2.19. The van der Waals surface area contributed by atoms with Gasteiger partial charge in [0.1, 0.15) is 5.69 Å². The topological polar surface area (TPSA) is 91.5 Å². The molecule has 2 aromatic heterocycles. The number of nitrogens with zero attached hydrogens (tertiary/aromatic N) is 3. The van der Waals surface area contributed by atoms with E-state index in [-0.39, 0.29) is 18.2 Å². The third-order valence-corrected chi connectivity index (χ3v) is 6.04. The molecule has 1 amide bonds. The maximum Gasteiger partial charge on any atom is 0.426 e.